The number of sulfonamides is 1. The van der Waals surface area contributed by atoms with Crippen molar-refractivity contribution < 1.29 is 18.0 Å². The maximum absolute atomic E-state index is 13.1. The van der Waals surface area contributed by atoms with E-state index in [1.807, 2.05) is 0 Å². The van der Waals surface area contributed by atoms with Crippen LogP contribution in [0.3, 0.4) is 0 Å². The average Bonchev–Trinajstić information content (AvgIpc) is 2.75. The predicted molar refractivity (Wildman–Crippen MR) is 112 cm³/mol. The van der Waals surface area contributed by atoms with Gasteiger partial charge in [-0.15, -0.1) is 0 Å². The van der Waals surface area contributed by atoms with Gasteiger partial charge in [-0.3, -0.25) is 9.59 Å². The zero-order valence-electron chi connectivity index (χ0n) is 17.3. The summed E-state index contributed by atoms with van der Waals surface area (Å²) in [6.45, 7) is 5.23. The summed E-state index contributed by atoms with van der Waals surface area (Å²) in [5.41, 5.74) is 1.11. The number of nitrogens with one attached hydrogen (secondary N) is 1. The number of anilines is 1. The summed E-state index contributed by atoms with van der Waals surface area (Å²) in [4.78, 5) is 27.0. The van der Waals surface area contributed by atoms with E-state index in [2.05, 4.69) is 5.32 Å². The van der Waals surface area contributed by atoms with Crippen LogP contribution in [0.15, 0.2) is 23.1 Å². The predicted octanol–water partition coefficient (Wildman–Crippen LogP) is 2.90. The molecule has 1 atom stereocenters. The van der Waals surface area contributed by atoms with Crippen LogP contribution in [0.1, 0.15) is 57.4 Å². The van der Waals surface area contributed by atoms with Crippen LogP contribution in [-0.4, -0.2) is 55.1 Å². The van der Waals surface area contributed by atoms with Crippen molar-refractivity contribution in [3.8, 4) is 0 Å². The Kier molecular flexibility index (Phi) is 6.95. The van der Waals surface area contributed by atoms with E-state index in [0.717, 1.165) is 32.1 Å². The van der Waals surface area contributed by atoms with Gasteiger partial charge in [-0.05, 0) is 56.7 Å². The molecule has 7 nitrogen and oxygen atoms in total. The van der Waals surface area contributed by atoms with Gasteiger partial charge in [-0.25, -0.2) is 8.42 Å². The highest BCUT2D eigenvalue weighted by Gasteiger charge is 2.32. The highest BCUT2D eigenvalue weighted by Crippen LogP contribution is 2.27. The number of likely N-dealkylation sites (tertiary alicyclic amines) is 1. The molecule has 2 heterocycles. The first-order valence-corrected chi connectivity index (χ1v) is 12.0. The minimum atomic E-state index is -3.59. The Hall–Kier alpha value is -1.93. The molecule has 2 fully saturated rings. The second-order valence-electron chi connectivity index (χ2n) is 7.89. The fourth-order valence-electron chi connectivity index (χ4n) is 4.13. The fraction of sp³-hybridized carbons (Fsp3) is 0.619. The van der Waals surface area contributed by atoms with Crippen LogP contribution in [-0.2, 0) is 19.6 Å². The van der Waals surface area contributed by atoms with Gasteiger partial charge in [-0.1, -0.05) is 19.4 Å². The van der Waals surface area contributed by atoms with Crippen molar-refractivity contribution in [3.63, 3.8) is 0 Å². The SMILES string of the molecule is CCC(=O)N1CCCCC1C(=O)Nc1ccc(C)c(S(=O)(=O)N2CCCCC2)c1. The Labute approximate surface area is 173 Å². The molecule has 0 saturated carbocycles. The maximum atomic E-state index is 13.1. The number of rotatable bonds is 5. The third-order valence-corrected chi connectivity index (χ3v) is 7.86. The van der Waals surface area contributed by atoms with E-state index in [-0.39, 0.29) is 16.7 Å². The number of hydrogen-bond acceptors (Lipinski definition) is 4. The first-order chi connectivity index (χ1) is 13.8. The molecule has 0 spiro atoms. The average molecular weight is 422 g/mol. The molecule has 160 valence electrons. The van der Waals surface area contributed by atoms with E-state index in [1.54, 1.807) is 36.9 Å². The van der Waals surface area contributed by atoms with Gasteiger partial charge in [0.05, 0.1) is 4.90 Å². The van der Waals surface area contributed by atoms with Crippen molar-refractivity contribution in [3.05, 3.63) is 23.8 Å². The Morgan fingerprint density at radius 2 is 1.76 bits per heavy atom. The van der Waals surface area contributed by atoms with Crippen LogP contribution in [0.5, 0.6) is 0 Å². The van der Waals surface area contributed by atoms with Crippen molar-refractivity contribution in [2.75, 3.05) is 25.0 Å². The molecular formula is C21H31N3O4S. The Morgan fingerprint density at radius 3 is 2.45 bits per heavy atom. The number of carbonyl (C=O) groups excluding carboxylic acids is 2. The smallest absolute Gasteiger partial charge is 0.247 e. The standard InChI is InChI=1S/C21H31N3O4S/c1-3-20(25)24-14-8-5-9-18(24)21(26)22-17-11-10-16(2)19(15-17)29(27,28)23-12-6-4-7-13-23/h10-11,15,18H,3-9,12-14H2,1-2H3,(H,22,26). The lowest BCUT2D eigenvalue weighted by Crippen LogP contribution is -2.49. The molecule has 8 heteroatoms. The Bertz CT molecular complexity index is 863. The van der Waals surface area contributed by atoms with Gasteiger partial charge >= 0.3 is 0 Å². The lowest BCUT2D eigenvalue weighted by atomic mass is 10.0. The molecule has 0 radical (unpaired) electrons. The molecule has 0 aromatic heterocycles. The number of aryl methyl sites for hydroxylation is 1. The molecule has 2 saturated heterocycles. The molecule has 2 amide bonds. The summed E-state index contributed by atoms with van der Waals surface area (Å²) in [5.74, 6) is -0.279. The number of piperidine rings is 2. The molecular weight excluding hydrogens is 390 g/mol. The Balaban J connectivity index is 1.80. The quantitative estimate of drug-likeness (QED) is 0.792. The van der Waals surface area contributed by atoms with Crippen LogP contribution in [0.25, 0.3) is 0 Å². The molecule has 1 unspecified atom stereocenters. The Morgan fingerprint density at radius 1 is 1.07 bits per heavy atom. The van der Waals surface area contributed by atoms with Crippen molar-refractivity contribution in [2.24, 2.45) is 0 Å². The molecule has 29 heavy (non-hydrogen) atoms. The fourth-order valence-corrected chi connectivity index (χ4v) is 5.90. The highest BCUT2D eigenvalue weighted by molar-refractivity contribution is 7.89. The molecule has 3 rings (SSSR count). The van der Waals surface area contributed by atoms with E-state index < -0.39 is 16.1 Å². The molecule has 1 aromatic carbocycles. The molecule has 2 aliphatic heterocycles. The largest absolute Gasteiger partial charge is 0.331 e. The van der Waals surface area contributed by atoms with Crippen LogP contribution >= 0.6 is 0 Å². The number of nitrogens with zero attached hydrogens (tertiary/aromatic N) is 2. The third kappa shape index (κ3) is 4.80. The molecule has 0 bridgehead atoms. The minimum Gasteiger partial charge on any atom is -0.331 e. The van der Waals surface area contributed by atoms with Gasteiger partial charge in [0.1, 0.15) is 6.04 Å². The first-order valence-electron chi connectivity index (χ1n) is 10.6. The van der Waals surface area contributed by atoms with E-state index >= 15 is 0 Å². The van der Waals surface area contributed by atoms with Gasteiger partial charge < -0.3 is 10.2 Å². The summed E-state index contributed by atoms with van der Waals surface area (Å²) in [6, 6.07) is 4.49. The number of hydrogen-bond donors (Lipinski definition) is 1. The van der Waals surface area contributed by atoms with Crippen LogP contribution < -0.4 is 5.32 Å². The second kappa shape index (κ2) is 9.26. The lowest BCUT2D eigenvalue weighted by Gasteiger charge is -2.34. The van der Waals surface area contributed by atoms with Gasteiger partial charge in [0.2, 0.25) is 21.8 Å². The lowest BCUT2D eigenvalue weighted by molar-refractivity contribution is -0.140. The van der Waals surface area contributed by atoms with Gasteiger partial charge in [-0.2, -0.15) is 4.31 Å². The van der Waals surface area contributed by atoms with E-state index in [1.165, 1.54) is 4.31 Å². The van der Waals surface area contributed by atoms with Crippen molar-refractivity contribution in [1.82, 2.24) is 9.21 Å². The van der Waals surface area contributed by atoms with Gasteiger partial charge in [0.25, 0.3) is 0 Å². The summed E-state index contributed by atoms with van der Waals surface area (Å²) < 4.78 is 27.7. The summed E-state index contributed by atoms with van der Waals surface area (Å²) in [7, 11) is -3.59. The van der Waals surface area contributed by atoms with Crippen molar-refractivity contribution in [1.29, 1.82) is 0 Å². The summed E-state index contributed by atoms with van der Waals surface area (Å²) >= 11 is 0. The molecule has 0 aliphatic carbocycles. The summed E-state index contributed by atoms with van der Waals surface area (Å²) in [5, 5.41) is 2.85. The van der Waals surface area contributed by atoms with Gasteiger partial charge in [0.15, 0.2) is 0 Å². The number of carbonyl (C=O) groups is 2. The zero-order chi connectivity index (χ0) is 21.0. The molecule has 1 N–H and O–H groups in total. The van der Waals surface area contributed by atoms with Crippen molar-refractivity contribution >= 4 is 27.5 Å². The topological polar surface area (TPSA) is 86.8 Å². The van der Waals surface area contributed by atoms with E-state index in [0.29, 0.717) is 43.7 Å². The van der Waals surface area contributed by atoms with E-state index in [4.69, 9.17) is 0 Å². The second-order valence-corrected chi connectivity index (χ2v) is 9.79. The van der Waals surface area contributed by atoms with Crippen LogP contribution in [0, 0.1) is 6.92 Å². The van der Waals surface area contributed by atoms with Crippen LogP contribution in [0.4, 0.5) is 5.69 Å². The highest BCUT2D eigenvalue weighted by atomic mass is 32.2. The van der Waals surface area contributed by atoms with Gasteiger partial charge in [0, 0.05) is 31.7 Å². The van der Waals surface area contributed by atoms with Crippen molar-refractivity contribution in [2.45, 2.75) is 69.7 Å². The van der Waals surface area contributed by atoms with Crippen LogP contribution in [0.2, 0.25) is 0 Å². The summed E-state index contributed by atoms with van der Waals surface area (Å²) in [6.07, 6.45) is 5.59. The first kappa shape index (κ1) is 21.8. The third-order valence-electron chi connectivity index (χ3n) is 5.82. The number of benzene rings is 1. The molecule has 1 aromatic rings. The molecule has 2 aliphatic rings. The van der Waals surface area contributed by atoms with E-state index in [9.17, 15) is 18.0 Å². The normalized spacial score (nSPS) is 21.0. The monoisotopic (exact) mass is 421 g/mol. The maximum Gasteiger partial charge on any atom is 0.247 e. The zero-order valence-corrected chi connectivity index (χ0v) is 18.1. The number of amides is 2. The minimum absolute atomic E-state index is 0.0258.